The molecule has 4 aromatic rings. The molecule has 0 radical (unpaired) electrons. The third-order valence-corrected chi connectivity index (χ3v) is 3.98. The van der Waals surface area contributed by atoms with Gasteiger partial charge in [-0.2, -0.15) is 9.97 Å². The Labute approximate surface area is 151 Å². The summed E-state index contributed by atoms with van der Waals surface area (Å²) in [5.74, 6) is 2.02. The van der Waals surface area contributed by atoms with Crippen LogP contribution in [0.5, 0.6) is 11.5 Å². The fraction of sp³-hybridized carbons (Fsp3) is 0.111. The molecule has 2 aromatic heterocycles. The van der Waals surface area contributed by atoms with E-state index in [1.54, 1.807) is 30.3 Å². The Morgan fingerprint density at radius 2 is 1.63 bits per heavy atom. The van der Waals surface area contributed by atoms with Gasteiger partial charge in [0.15, 0.2) is 17.3 Å². The summed E-state index contributed by atoms with van der Waals surface area (Å²) in [6, 6.07) is 11.4. The average molecular weight is 366 g/mol. The van der Waals surface area contributed by atoms with Crippen molar-refractivity contribution in [3.63, 3.8) is 0 Å². The number of fused-ring (bicyclic) bond motifs is 1. The first-order valence-corrected chi connectivity index (χ1v) is 8.06. The van der Waals surface area contributed by atoms with Crippen molar-refractivity contribution < 1.29 is 22.9 Å². The van der Waals surface area contributed by atoms with E-state index in [2.05, 4.69) is 20.3 Å². The Kier molecular flexibility index (Phi) is 3.56. The zero-order valence-electron chi connectivity index (χ0n) is 13.8. The molecule has 1 aliphatic heterocycles. The lowest BCUT2D eigenvalue weighted by atomic mass is 10.1. The monoisotopic (exact) mass is 366 g/mol. The molecule has 0 spiro atoms. The van der Waals surface area contributed by atoms with Gasteiger partial charge in [-0.05, 0) is 35.9 Å². The fourth-order valence-corrected chi connectivity index (χ4v) is 2.66. The average Bonchev–Trinajstić information content (AvgIpc) is 3.43. The van der Waals surface area contributed by atoms with Crippen LogP contribution in [-0.2, 0) is 6.42 Å². The van der Waals surface area contributed by atoms with Crippen molar-refractivity contribution in [3.05, 3.63) is 59.7 Å². The second-order valence-corrected chi connectivity index (χ2v) is 5.81. The molecule has 0 N–H and O–H groups in total. The number of halogens is 1. The summed E-state index contributed by atoms with van der Waals surface area (Å²) in [4.78, 5) is 8.54. The van der Waals surface area contributed by atoms with Gasteiger partial charge in [-0.1, -0.05) is 22.4 Å². The molecule has 0 amide bonds. The zero-order chi connectivity index (χ0) is 18.2. The van der Waals surface area contributed by atoms with Crippen LogP contribution in [0, 0.1) is 5.82 Å². The summed E-state index contributed by atoms with van der Waals surface area (Å²) < 4.78 is 34.0. The van der Waals surface area contributed by atoms with Crippen molar-refractivity contribution in [1.29, 1.82) is 0 Å². The van der Waals surface area contributed by atoms with Crippen molar-refractivity contribution in [3.8, 4) is 34.7 Å². The second-order valence-electron chi connectivity index (χ2n) is 5.81. The van der Waals surface area contributed by atoms with E-state index in [0.717, 1.165) is 5.56 Å². The lowest BCUT2D eigenvalue weighted by Gasteiger charge is -1.97. The Hall–Kier alpha value is -3.75. The highest BCUT2D eigenvalue weighted by Crippen LogP contribution is 2.35. The van der Waals surface area contributed by atoms with Crippen LogP contribution in [0.2, 0.25) is 0 Å². The minimum atomic E-state index is -0.297. The first-order valence-electron chi connectivity index (χ1n) is 8.06. The van der Waals surface area contributed by atoms with Crippen LogP contribution >= 0.6 is 0 Å². The normalized spacial score (nSPS) is 12.5. The Morgan fingerprint density at radius 3 is 2.52 bits per heavy atom. The van der Waals surface area contributed by atoms with Gasteiger partial charge in [0, 0.05) is 12.0 Å². The summed E-state index contributed by atoms with van der Waals surface area (Å²) in [5, 5.41) is 7.83. The van der Waals surface area contributed by atoms with Crippen molar-refractivity contribution in [2.24, 2.45) is 0 Å². The zero-order valence-corrected chi connectivity index (χ0v) is 13.8. The largest absolute Gasteiger partial charge is 0.454 e. The Bertz CT molecular complexity index is 1110. The minimum Gasteiger partial charge on any atom is -0.454 e. The van der Waals surface area contributed by atoms with Gasteiger partial charge in [0.2, 0.25) is 12.6 Å². The van der Waals surface area contributed by atoms with E-state index in [-0.39, 0.29) is 24.4 Å². The van der Waals surface area contributed by atoms with Crippen LogP contribution in [0.15, 0.2) is 51.5 Å². The SMILES string of the molecule is Fc1ccc(Cc2noc(-c3nc(-c4ccc5c(c4)OCO5)no3)n2)cc1. The summed E-state index contributed by atoms with van der Waals surface area (Å²) in [7, 11) is 0. The highest BCUT2D eigenvalue weighted by Gasteiger charge is 2.20. The maximum atomic E-state index is 13.0. The molecule has 0 saturated carbocycles. The van der Waals surface area contributed by atoms with Gasteiger partial charge >= 0.3 is 11.8 Å². The lowest BCUT2D eigenvalue weighted by Crippen LogP contribution is -1.92. The maximum absolute atomic E-state index is 13.0. The molecular weight excluding hydrogens is 355 g/mol. The quantitative estimate of drug-likeness (QED) is 0.543. The number of ether oxygens (including phenoxy) is 2. The van der Waals surface area contributed by atoms with Gasteiger partial charge < -0.3 is 18.5 Å². The van der Waals surface area contributed by atoms with Gasteiger partial charge in [-0.25, -0.2) is 4.39 Å². The summed E-state index contributed by atoms with van der Waals surface area (Å²) >= 11 is 0. The summed E-state index contributed by atoms with van der Waals surface area (Å²) in [5.41, 5.74) is 1.57. The molecule has 0 bridgehead atoms. The van der Waals surface area contributed by atoms with E-state index in [9.17, 15) is 4.39 Å². The number of nitrogens with zero attached hydrogens (tertiary/aromatic N) is 4. The fourth-order valence-electron chi connectivity index (χ4n) is 2.66. The number of benzene rings is 2. The molecule has 27 heavy (non-hydrogen) atoms. The van der Waals surface area contributed by atoms with Gasteiger partial charge in [0.1, 0.15) is 5.82 Å². The smallest absolute Gasteiger partial charge is 0.316 e. The van der Waals surface area contributed by atoms with Crippen molar-refractivity contribution in [2.75, 3.05) is 6.79 Å². The first-order chi connectivity index (χ1) is 13.2. The molecule has 0 atom stereocenters. The number of hydrogen-bond donors (Lipinski definition) is 0. The topological polar surface area (TPSA) is 96.3 Å². The van der Waals surface area contributed by atoms with Gasteiger partial charge in [0.25, 0.3) is 0 Å². The van der Waals surface area contributed by atoms with Gasteiger partial charge in [0.05, 0.1) is 0 Å². The molecule has 2 aromatic carbocycles. The van der Waals surface area contributed by atoms with Crippen molar-refractivity contribution >= 4 is 0 Å². The lowest BCUT2D eigenvalue weighted by molar-refractivity contribution is 0.174. The maximum Gasteiger partial charge on any atom is 0.316 e. The van der Waals surface area contributed by atoms with Crippen LogP contribution < -0.4 is 9.47 Å². The van der Waals surface area contributed by atoms with Crippen LogP contribution in [0.25, 0.3) is 23.2 Å². The standard InChI is InChI=1S/C18H11FN4O4/c19-12-4-1-10(2-5-12)7-15-20-17(26-22-15)18-21-16(23-27-18)11-3-6-13-14(8-11)25-9-24-13/h1-6,8H,7,9H2. The first kappa shape index (κ1) is 15.5. The number of aromatic nitrogens is 4. The second kappa shape index (κ2) is 6.20. The van der Waals surface area contributed by atoms with E-state index in [1.165, 1.54) is 12.1 Å². The van der Waals surface area contributed by atoms with Crippen molar-refractivity contribution in [1.82, 2.24) is 20.3 Å². The van der Waals surface area contributed by atoms with Gasteiger partial charge in [-0.3, -0.25) is 0 Å². The number of rotatable bonds is 4. The molecule has 8 nitrogen and oxygen atoms in total. The Morgan fingerprint density at radius 1 is 0.852 bits per heavy atom. The molecule has 0 saturated heterocycles. The van der Waals surface area contributed by atoms with E-state index in [0.29, 0.717) is 35.1 Å². The van der Waals surface area contributed by atoms with E-state index in [1.807, 2.05) is 0 Å². The highest BCUT2D eigenvalue weighted by atomic mass is 19.1. The molecular formula is C18H11FN4O4. The predicted octanol–water partition coefficient (Wildman–Crippen LogP) is 3.25. The minimum absolute atomic E-state index is 0.112. The molecule has 1 aliphatic rings. The van der Waals surface area contributed by atoms with Crippen LogP contribution in [0.3, 0.4) is 0 Å². The van der Waals surface area contributed by atoms with Crippen molar-refractivity contribution in [2.45, 2.75) is 6.42 Å². The van der Waals surface area contributed by atoms with E-state index >= 15 is 0 Å². The Balaban J connectivity index is 1.37. The van der Waals surface area contributed by atoms with Crippen LogP contribution in [-0.4, -0.2) is 27.1 Å². The third-order valence-electron chi connectivity index (χ3n) is 3.98. The van der Waals surface area contributed by atoms with E-state index in [4.69, 9.17) is 18.5 Å². The van der Waals surface area contributed by atoms with Crippen LogP contribution in [0.4, 0.5) is 4.39 Å². The highest BCUT2D eigenvalue weighted by molar-refractivity contribution is 5.62. The summed E-state index contributed by atoms with van der Waals surface area (Å²) in [6.45, 7) is 0.190. The third kappa shape index (κ3) is 2.99. The molecule has 9 heteroatoms. The van der Waals surface area contributed by atoms with Crippen LogP contribution in [0.1, 0.15) is 11.4 Å². The molecule has 134 valence electrons. The predicted molar refractivity (Wildman–Crippen MR) is 88.4 cm³/mol. The molecule has 0 aliphatic carbocycles. The summed E-state index contributed by atoms with van der Waals surface area (Å²) in [6.07, 6.45) is 0.396. The molecule has 3 heterocycles. The number of hydrogen-bond acceptors (Lipinski definition) is 8. The van der Waals surface area contributed by atoms with E-state index < -0.39 is 0 Å². The molecule has 0 fully saturated rings. The molecule has 0 unspecified atom stereocenters. The van der Waals surface area contributed by atoms with Gasteiger partial charge in [-0.15, -0.1) is 0 Å². The molecule has 5 rings (SSSR count).